The standard InChI is InChI=1S/C20H22FN3O2/c1-15(25)23-9-11-24(12-10-23)19-4-2-3-18(14-19)22-20(26)13-16-5-7-17(21)8-6-16/h2-8,14H,9-13H2,1H3,(H,22,26). The molecule has 0 spiro atoms. The zero-order chi connectivity index (χ0) is 18.5. The molecule has 136 valence electrons. The largest absolute Gasteiger partial charge is 0.368 e. The molecule has 2 amide bonds. The van der Waals surface area contributed by atoms with Gasteiger partial charge < -0.3 is 15.1 Å². The third-order valence-electron chi connectivity index (χ3n) is 4.50. The van der Waals surface area contributed by atoms with E-state index < -0.39 is 0 Å². The molecule has 2 aromatic carbocycles. The van der Waals surface area contributed by atoms with E-state index in [9.17, 15) is 14.0 Å². The fourth-order valence-corrected chi connectivity index (χ4v) is 3.05. The number of nitrogens with zero attached hydrogens (tertiary/aromatic N) is 2. The van der Waals surface area contributed by atoms with Crippen molar-refractivity contribution in [3.8, 4) is 0 Å². The van der Waals surface area contributed by atoms with Gasteiger partial charge in [-0.2, -0.15) is 0 Å². The summed E-state index contributed by atoms with van der Waals surface area (Å²) >= 11 is 0. The Morgan fingerprint density at radius 1 is 1.04 bits per heavy atom. The van der Waals surface area contributed by atoms with Crippen molar-refractivity contribution in [3.05, 3.63) is 59.9 Å². The minimum atomic E-state index is -0.313. The molecule has 1 aliphatic heterocycles. The van der Waals surface area contributed by atoms with Gasteiger partial charge in [0.25, 0.3) is 0 Å². The number of benzene rings is 2. The lowest BCUT2D eigenvalue weighted by Gasteiger charge is -2.35. The second kappa shape index (κ2) is 7.99. The number of carbonyl (C=O) groups excluding carboxylic acids is 2. The molecule has 0 atom stereocenters. The highest BCUT2D eigenvalue weighted by atomic mass is 19.1. The van der Waals surface area contributed by atoms with Crippen molar-refractivity contribution in [2.24, 2.45) is 0 Å². The van der Waals surface area contributed by atoms with Gasteiger partial charge in [0.15, 0.2) is 0 Å². The van der Waals surface area contributed by atoms with Gasteiger partial charge >= 0.3 is 0 Å². The lowest BCUT2D eigenvalue weighted by molar-refractivity contribution is -0.129. The van der Waals surface area contributed by atoms with Crippen LogP contribution in [-0.4, -0.2) is 42.9 Å². The van der Waals surface area contributed by atoms with E-state index in [-0.39, 0.29) is 24.1 Å². The van der Waals surface area contributed by atoms with Gasteiger partial charge in [0.2, 0.25) is 11.8 Å². The van der Waals surface area contributed by atoms with Gasteiger partial charge in [0.05, 0.1) is 6.42 Å². The van der Waals surface area contributed by atoms with Crippen molar-refractivity contribution in [2.45, 2.75) is 13.3 Å². The van der Waals surface area contributed by atoms with Crippen molar-refractivity contribution < 1.29 is 14.0 Å². The number of halogens is 1. The lowest BCUT2D eigenvalue weighted by atomic mass is 10.1. The van der Waals surface area contributed by atoms with Crippen LogP contribution in [0.25, 0.3) is 0 Å². The van der Waals surface area contributed by atoms with Crippen LogP contribution < -0.4 is 10.2 Å². The Morgan fingerprint density at radius 3 is 2.38 bits per heavy atom. The zero-order valence-corrected chi connectivity index (χ0v) is 14.7. The van der Waals surface area contributed by atoms with E-state index in [1.165, 1.54) is 12.1 Å². The van der Waals surface area contributed by atoms with E-state index in [0.717, 1.165) is 30.0 Å². The molecular weight excluding hydrogens is 333 g/mol. The van der Waals surface area contributed by atoms with E-state index in [2.05, 4.69) is 10.2 Å². The molecule has 1 saturated heterocycles. The first-order valence-electron chi connectivity index (χ1n) is 8.66. The Kier molecular flexibility index (Phi) is 5.51. The first kappa shape index (κ1) is 17.9. The van der Waals surface area contributed by atoms with Gasteiger partial charge in [-0.1, -0.05) is 18.2 Å². The van der Waals surface area contributed by atoms with Crippen LogP contribution in [0.4, 0.5) is 15.8 Å². The van der Waals surface area contributed by atoms with Gasteiger partial charge in [-0.15, -0.1) is 0 Å². The SMILES string of the molecule is CC(=O)N1CCN(c2cccc(NC(=O)Cc3ccc(F)cc3)c2)CC1. The second-order valence-corrected chi connectivity index (χ2v) is 6.39. The average molecular weight is 355 g/mol. The smallest absolute Gasteiger partial charge is 0.228 e. The van der Waals surface area contributed by atoms with E-state index in [1.807, 2.05) is 29.2 Å². The van der Waals surface area contributed by atoms with Crippen LogP contribution in [0.1, 0.15) is 12.5 Å². The molecule has 0 radical (unpaired) electrons. The third-order valence-corrected chi connectivity index (χ3v) is 4.50. The first-order valence-corrected chi connectivity index (χ1v) is 8.66. The fraction of sp³-hybridized carbons (Fsp3) is 0.300. The molecule has 5 nitrogen and oxygen atoms in total. The highest BCUT2D eigenvalue weighted by Gasteiger charge is 2.19. The van der Waals surface area contributed by atoms with E-state index in [0.29, 0.717) is 13.1 Å². The highest BCUT2D eigenvalue weighted by Crippen LogP contribution is 2.21. The summed E-state index contributed by atoms with van der Waals surface area (Å²) < 4.78 is 12.9. The molecule has 1 fully saturated rings. The zero-order valence-electron chi connectivity index (χ0n) is 14.7. The molecule has 0 bridgehead atoms. The summed E-state index contributed by atoms with van der Waals surface area (Å²) in [5.41, 5.74) is 2.51. The Morgan fingerprint density at radius 2 is 1.73 bits per heavy atom. The Labute approximate surface area is 152 Å². The summed E-state index contributed by atoms with van der Waals surface area (Å²) in [5.74, 6) is -0.353. The number of amides is 2. The number of hydrogen-bond acceptors (Lipinski definition) is 3. The van der Waals surface area contributed by atoms with E-state index in [1.54, 1.807) is 19.1 Å². The Balaban J connectivity index is 1.59. The summed E-state index contributed by atoms with van der Waals surface area (Å²) in [7, 11) is 0. The molecule has 26 heavy (non-hydrogen) atoms. The number of hydrogen-bond donors (Lipinski definition) is 1. The molecule has 1 N–H and O–H groups in total. The van der Waals surface area contributed by atoms with Crippen LogP contribution in [0, 0.1) is 5.82 Å². The minimum Gasteiger partial charge on any atom is -0.368 e. The molecule has 1 heterocycles. The van der Waals surface area contributed by atoms with Gasteiger partial charge in [0, 0.05) is 44.5 Å². The van der Waals surface area contributed by atoms with Crippen molar-refractivity contribution in [1.29, 1.82) is 0 Å². The maximum Gasteiger partial charge on any atom is 0.228 e. The van der Waals surface area contributed by atoms with Crippen molar-refractivity contribution >= 4 is 23.2 Å². The van der Waals surface area contributed by atoms with Crippen LogP contribution >= 0.6 is 0 Å². The van der Waals surface area contributed by atoms with Gasteiger partial charge in [0.1, 0.15) is 5.82 Å². The first-order chi connectivity index (χ1) is 12.5. The normalized spacial score (nSPS) is 14.2. The van der Waals surface area contributed by atoms with Crippen LogP contribution in [0.3, 0.4) is 0 Å². The molecule has 0 aromatic heterocycles. The number of rotatable bonds is 4. The quantitative estimate of drug-likeness (QED) is 0.917. The second-order valence-electron chi connectivity index (χ2n) is 6.39. The van der Waals surface area contributed by atoms with Crippen molar-refractivity contribution in [2.75, 3.05) is 36.4 Å². The van der Waals surface area contributed by atoms with Gasteiger partial charge in [-0.3, -0.25) is 9.59 Å². The predicted octanol–water partition coefficient (Wildman–Crippen LogP) is 2.68. The maximum absolute atomic E-state index is 12.9. The summed E-state index contributed by atoms with van der Waals surface area (Å²) in [5, 5.41) is 2.89. The summed E-state index contributed by atoms with van der Waals surface area (Å²) in [6.07, 6.45) is 0.196. The minimum absolute atomic E-state index is 0.103. The summed E-state index contributed by atoms with van der Waals surface area (Å²) in [4.78, 5) is 27.7. The topological polar surface area (TPSA) is 52.7 Å². The monoisotopic (exact) mass is 355 g/mol. The summed E-state index contributed by atoms with van der Waals surface area (Å²) in [6.45, 7) is 4.54. The molecule has 6 heteroatoms. The van der Waals surface area contributed by atoms with Crippen LogP contribution in [0.15, 0.2) is 48.5 Å². The molecular formula is C20H22FN3O2. The molecule has 3 rings (SSSR count). The number of carbonyl (C=O) groups is 2. The van der Waals surface area contributed by atoms with Gasteiger partial charge in [-0.05, 0) is 35.9 Å². The third kappa shape index (κ3) is 4.59. The maximum atomic E-state index is 12.9. The van der Waals surface area contributed by atoms with Crippen molar-refractivity contribution in [3.63, 3.8) is 0 Å². The van der Waals surface area contributed by atoms with Crippen LogP contribution in [0.2, 0.25) is 0 Å². The molecule has 2 aromatic rings. The Bertz CT molecular complexity index is 784. The summed E-state index contributed by atoms with van der Waals surface area (Å²) in [6, 6.07) is 13.6. The molecule has 0 aliphatic carbocycles. The number of anilines is 2. The Hall–Kier alpha value is -2.89. The number of nitrogens with one attached hydrogen (secondary N) is 1. The molecule has 1 aliphatic rings. The van der Waals surface area contributed by atoms with Gasteiger partial charge in [-0.25, -0.2) is 4.39 Å². The molecule has 0 saturated carbocycles. The van der Waals surface area contributed by atoms with E-state index >= 15 is 0 Å². The highest BCUT2D eigenvalue weighted by molar-refractivity contribution is 5.92. The van der Waals surface area contributed by atoms with Crippen molar-refractivity contribution in [1.82, 2.24) is 4.90 Å². The predicted molar refractivity (Wildman–Crippen MR) is 99.6 cm³/mol. The van der Waals surface area contributed by atoms with Crippen LogP contribution in [-0.2, 0) is 16.0 Å². The number of piperazine rings is 1. The lowest BCUT2D eigenvalue weighted by Crippen LogP contribution is -2.48. The fourth-order valence-electron chi connectivity index (χ4n) is 3.05. The van der Waals surface area contributed by atoms with E-state index in [4.69, 9.17) is 0 Å². The average Bonchev–Trinajstić information content (AvgIpc) is 2.64. The van der Waals surface area contributed by atoms with Crippen LogP contribution in [0.5, 0.6) is 0 Å². The molecule has 0 unspecified atom stereocenters.